The number of ether oxygens (including phenoxy) is 2. The van der Waals surface area contributed by atoms with E-state index in [1.54, 1.807) is 0 Å². The van der Waals surface area contributed by atoms with Crippen LogP contribution in [0.2, 0.25) is 0 Å². The molecule has 0 spiro atoms. The number of hydrogen-bond acceptors (Lipinski definition) is 3. The lowest BCUT2D eigenvalue weighted by Gasteiger charge is -2.43. The summed E-state index contributed by atoms with van der Waals surface area (Å²) in [4.78, 5) is 0. The SMILES string of the molecule is CCCCCCCCCCCCCCCCCCOCCCC1(CCCOCCCCCCCCCCCCCCCCCC)CNC1. The van der Waals surface area contributed by atoms with E-state index in [9.17, 15) is 0 Å². The fourth-order valence-corrected chi connectivity index (χ4v) is 7.76. The molecule has 1 fully saturated rings. The zero-order valence-electron chi connectivity index (χ0n) is 33.5. The van der Waals surface area contributed by atoms with Gasteiger partial charge in [-0.3, -0.25) is 0 Å². The van der Waals surface area contributed by atoms with Crippen molar-refractivity contribution in [1.29, 1.82) is 0 Å². The molecule has 3 nitrogen and oxygen atoms in total. The first-order chi connectivity index (χ1) is 23.8. The molecule has 48 heavy (non-hydrogen) atoms. The molecule has 0 unspecified atom stereocenters. The third kappa shape index (κ3) is 31.8. The van der Waals surface area contributed by atoms with Gasteiger partial charge < -0.3 is 14.8 Å². The number of rotatable bonds is 42. The highest BCUT2D eigenvalue weighted by Crippen LogP contribution is 2.34. The predicted octanol–water partition coefficient (Wildman–Crippen LogP) is 14.7. The summed E-state index contributed by atoms with van der Waals surface area (Å²) in [6.07, 6.45) is 50.8. The van der Waals surface area contributed by atoms with Gasteiger partial charge in [0, 0.05) is 39.5 Å². The molecule has 0 aliphatic carbocycles. The van der Waals surface area contributed by atoms with E-state index in [1.165, 1.54) is 244 Å². The minimum Gasteiger partial charge on any atom is -0.381 e. The first-order valence-electron chi connectivity index (χ1n) is 22.7. The van der Waals surface area contributed by atoms with Crippen LogP contribution >= 0.6 is 0 Å². The fourth-order valence-electron chi connectivity index (χ4n) is 7.76. The average Bonchev–Trinajstić information content (AvgIpc) is 3.08. The van der Waals surface area contributed by atoms with E-state index in [0.717, 1.165) is 26.4 Å². The van der Waals surface area contributed by atoms with Gasteiger partial charge in [0.2, 0.25) is 0 Å². The van der Waals surface area contributed by atoms with Crippen LogP contribution in [0.15, 0.2) is 0 Å². The maximum Gasteiger partial charge on any atom is 0.0466 e. The molecule has 0 atom stereocenters. The quantitative estimate of drug-likeness (QED) is 0.0652. The first-order valence-corrected chi connectivity index (χ1v) is 22.7. The second-order valence-electron chi connectivity index (χ2n) is 16.1. The smallest absolute Gasteiger partial charge is 0.0466 e. The molecule has 3 heteroatoms. The van der Waals surface area contributed by atoms with E-state index in [2.05, 4.69) is 19.2 Å². The van der Waals surface area contributed by atoms with Gasteiger partial charge in [-0.2, -0.15) is 0 Å². The molecule has 0 aromatic rings. The Labute approximate surface area is 304 Å². The zero-order chi connectivity index (χ0) is 34.3. The molecule has 0 amide bonds. The van der Waals surface area contributed by atoms with Crippen molar-refractivity contribution in [1.82, 2.24) is 5.32 Å². The number of nitrogens with one attached hydrogen (secondary N) is 1. The topological polar surface area (TPSA) is 30.5 Å². The Morgan fingerprint density at radius 2 is 0.542 bits per heavy atom. The highest BCUT2D eigenvalue weighted by molar-refractivity contribution is 4.91. The van der Waals surface area contributed by atoms with Gasteiger partial charge in [0.15, 0.2) is 0 Å². The van der Waals surface area contributed by atoms with Gasteiger partial charge in [-0.05, 0) is 43.9 Å². The Bertz CT molecular complexity index is 546. The molecule has 1 aliphatic heterocycles. The lowest BCUT2D eigenvalue weighted by atomic mass is 9.74. The molecule has 0 saturated carbocycles. The maximum absolute atomic E-state index is 6.02. The van der Waals surface area contributed by atoms with Crippen LogP contribution in [-0.4, -0.2) is 39.5 Å². The standard InChI is InChI=1S/C45H91NO2/c1-3-5-7-9-11-13-15-17-19-21-23-25-27-29-31-33-39-47-41-35-37-45(43-46-44-45)38-36-42-48-40-34-32-30-28-26-24-22-20-18-16-14-12-10-8-6-4-2/h46H,3-44H2,1-2H3. The van der Waals surface area contributed by atoms with Crippen molar-refractivity contribution in [3.8, 4) is 0 Å². The van der Waals surface area contributed by atoms with E-state index in [-0.39, 0.29) is 0 Å². The zero-order valence-corrected chi connectivity index (χ0v) is 33.5. The highest BCUT2D eigenvalue weighted by Gasteiger charge is 2.35. The van der Waals surface area contributed by atoms with Crippen molar-refractivity contribution < 1.29 is 9.47 Å². The van der Waals surface area contributed by atoms with Gasteiger partial charge in [0.1, 0.15) is 0 Å². The van der Waals surface area contributed by atoms with Gasteiger partial charge in [0.25, 0.3) is 0 Å². The molecule has 1 rings (SSSR count). The van der Waals surface area contributed by atoms with Gasteiger partial charge in [-0.1, -0.05) is 206 Å². The Morgan fingerprint density at radius 3 is 0.771 bits per heavy atom. The second kappa shape index (κ2) is 38.1. The van der Waals surface area contributed by atoms with Crippen molar-refractivity contribution >= 4 is 0 Å². The largest absolute Gasteiger partial charge is 0.381 e. The third-order valence-electron chi connectivity index (χ3n) is 11.3. The molecular formula is C45H91NO2. The second-order valence-corrected chi connectivity index (χ2v) is 16.1. The maximum atomic E-state index is 6.02. The molecule has 0 aromatic heterocycles. The van der Waals surface area contributed by atoms with Crippen molar-refractivity contribution in [2.75, 3.05) is 39.5 Å². The molecule has 0 bridgehead atoms. The van der Waals surface area contributed by atoms with Crippen LogP contribution in [0.4, 0.5) is 0 Å². The van der Waals surface area contributed by atoms with E-state index in [4.69, 9.17) is 9.47 Å². The van der Waals surface area contributed by atoms with E-state index in [0.29, 0.717) is 5.41 Å². The first kappa shape index (κ1) is 45.9. The molecule has 1 N–H and O–H groups in total. The Kier molecular flexibility index (Phi) is 36.5. The summed E-state index contributed by atoms with van der Waals surface area (Å²) in [7, 11) is 0. The Hall–Kier alpha value is -0.120. The van der Waals surface area contributed by atoms with Crippen LogP contribution in [0.25, 0.3) is 0 Å². The predicted molar refractivity (Wildman–Crippen MR) is 215 cm³/mol. The minimum absolute atomic E-state index is 0.523. The van der Waals surface area contributed by atoms with Crippen LogP contribution in [0.5, 0.6) is 0 Å². The Morgan fingerprint density at radius 1 is 0.312 bits per heavy atom. The molecule has 0 radical (unpaired) electrons. The Balaban J connectivity index is 1.75. The molecule has 1 aliphatic rings. The van der Waals surface area contributed by atoms with Crippen LogP contribution in [0.1, 0.15) is 245 Å². The highest BCUT2D eigenvalue weighted by atomic mass is 16.5. The average molecular weight is 678 g/mol. The van der Waals surface area contributed by atoms with Crippen LogP contribution in [0, 0.1) is 5.41 Å². The minimum atomic E-state index is 0.523. The van der Waals surface area contributed by atoms with Crippen LogP contribution < -0.4 is 5.32 Å². The van der Waals surface area contributed by atoms with Crippen molar-refractivity contribution in [3.63, 3.8) is 0 Å². The van der Waals surface area contributed by atoms with Gasteiger partial charge in [0.05, 0.1) is 0 Å². The van der Waals surface area contributed by atoms with Crippen LogP contribution in [-0.2, 0) is 9.47 Å². The number of hydrogen-bond donors (Lipinski definition) is 1. The van der Waals surface area contributed by atoms with E-state index < -0.39 is 0 Å². The number of unbranched alkanes of at least 4 members (excludes halogenated alkanes) is 30. The molecular weight excluding hydrogens is 587 g/mol. The lowest BCUT2D eigenvalue weighted by Crippen LogP contribution is -2.53. The van der Waals surface area contributed by atoms with Crippen molar-refractivity contribution in [3.05, 3.63) is 0 Å². The van der Waals surface area contributed by atoms with Crippen molar-refractivity contribution in [2.24, 2.45) is 5.41 Å². The van der Waals surface area contributed by atoms with Gasteiger partial charge in [-0.15, -0.1) is 0 Å². The summed E-state index contributed by atoms with van der Waals surface area (Å²) in [5.74, 6) is 0. The third-order valence-corrected chi connectivity index (χ3v) is 11.3. The summed E-state index contributed by atoms with van der Waals surface area (Å²) in [5, 5.41) is 3.54. The molecule has 1 saturated heterocycles. The van der Waals surface area contributed by atoms with Gasteiger partial charge in [-0.25, -0.2) is 0 Å². The van der Waals surface area contributed by atoms with E-state index >= 15 is 0 Å². The summed E-state index contributed by atoms with van der Waals surface area (Å²) < 4.78 is 12.0. The normalized spacial score (nSPS) is 14.1. The van der Waals surface area contributed by atoms with Gasteiger partial charge >= 0.3 is 0 Å². The molecule has 1 heterocycles. The summed E-state index contributed by atoms with van der Waals surface area (Å²) >= 11 is 0. The fraction of sp³-hybridized carbons (Fsp3) is 1.00. The monoisotopic (exact) mass is 678 g/mol. The van der Waals surface area contributed by atoms with Crippen molar-refractivity contribution in [2.45, 2.75) is 245 Å². The van der Waals surface area contributed by atoms with E-state index in [1.807, 2.05) is 0 Å². The summed E-state index contributed by atoms with van der Waals surface area (Å²) in [6, 6.07) is 0. The van der Waals surface area contributed by atoms with Crippen LogP contribution in [0.3, 0.4) is 0 Å². The molecule has 288 valence electrons. The lowest BCUT2D eigenvalue weighted by molar-refractivity contribution is 0.0710. The summed E-state index contributed by atoms with van der Waals surface area (Å²) in [6.45, 7) is 10.9. The molecule has 0 aromatic carbocycles. The summed E-state index contributed by atoms with van der Waals surface area (Å²) in [5.41, 5.74) is 0.523.